The molecule has 0 amide bonds. The zero-order chi connectivity index (χ0) is 16.9. The first-order chi connectivity index (χ1) is 10.9. The quantitative estimate of drug-likeness (QED) is 0.825. The van der Waals surface area contributed by atoms with Crippen molar-refractivity contribution in [2.75, 3.05) is 6.61 Å². The van der Waals surface area contributed by atoms with Crippen LogP contribution >= 0.6 is 0 Å². The topological polar surface area (TPSA) is 72.5 Å². The average Bonchev–Trinajstić information content (AvgIpc) is 2.54. The van der Waals surface area contributed by atoms with Crippen LogP contribution in [0.5, 0.6) is 0 Å². The molecule has 2 aromatic rings. The van der Waals surface area contributed by atoms with Gasteiger partial charge in [-0.1, -0.05) is 30.3 Å². The zero-order valence-corrected chi connectivity index (χ0v) is 13.9. The fraction of sp³-hybridized carbons (Fsp3) is 0.235. The minimum atomic E-state index is -3.70. The molecule has 0 spiro atoms. The lowest BCUT2D eigenvalue weighted by Gasteiger charge is -2.10. The molecular formula is C17H19NO4S. The summed E-state index contributed by atoms with van der Waals surface area (Å²) in [5.74, 6) is -0.538. The van der Waals surface area contributed by atoms with Crippen LogP contribution in [-0.4, -0.2) is 21.0 Å². The van der Waals surface area contributed by atoms with E-state index in [1.807, 2.05) is 31.2 Å². The Labute approximate surface area is 136 Å². The van der Waals surface area contributed by atoms with Crippen molar-refractivity contribution in [2.24, 2.45) is 0 Å². The molecule has 122 valence electrons. The molecule has 0 fully saturated rings. The fourth-order valence-corrected chi connectivity index (χ4v) is 3.12. The van der Waals surface area contributed by atoms with Crippen molar-refractivity contribution in [2.45, 2.75) is 25.3 Å². The van der Waals surface area contributed by atoms with Gasteiger partial charge in [-0.2, -0.15) is 0 Å². The minimum absolute atomic E-state index is 0.0386. The van der Waals surface area contributed by atoms with Crippen LogP contribution in [0.2, 0.25) is 0 Å². The third-order valence-electron chi connectivity index (χ3n) is 3.37. The van der Waals surface area contributed by atoms with E-state index in [1.165, 1.54) is 24.3 Å². The molecule has 0 heterocycles. The summed E-state index contributed by atoms with van der Waals surface area (Å²) in [5, 5.41) is 0. The maximum Gasteiger partial charge on any atom is 0.338 e. The summed E-state index contributed by atoms with van der Waals surface area (Å²) in [4.78, 5) is 11.7. The normalized spacial score (nSPS) is 11.2. The summed E-state index contributed by atoms with van der Waals surface area (Å²) in [5.41, 5.74) is 2.12. The molecule has 0 saturated heterocycles. The molecule has 0 unspecified atom stereocenters. The zero-order valence-electron chi connectivity index (χ0n) is 13.1. The third kappa shape index (κ3) is 4.40. The number of benzene rings is 2. The van der Waals surface area contributed by atoms with Gasteiger partial charge in [-0.05, 0) is 43.2 Å². The fourth-order valence-electron chi connectivity index (χ4n) is 2.07. The van der Waals surface area contributed by atoms with Crippen molar-refractivity contribution in [1.29, 1.82) is 0 Å². The van der Waals surface area contributed by atoms with Gasteiger partial charge in [-0.25, -0.2) is 17.9 Å². The standard InChI is InChI=1S/C17H19NO4S/c1-3-22-17(19)14-9-6-10-16(11-14)23(20,21)18-12-15-8-5-4-7-13(15)2/h4-11,18H,3,12H2,1-2H3. The molecule has 0 bridgehead atoms. The molecule has 5 nitrogen and oxygen atoms in total. The molecule has 0 aromatic heterocycles. The summed E-state index contributed by atoms with van der Waals surface area (Å²) in [7, 11) is -3.70. The van der Waals surface area contributed by atoms with Crippen molar-refractivity contribution in [1.82, 2.24) is 4.72 Å². The van der Waals surface area contributed by atoms with E-state index in [1.54, 1.807) is 6.92 Å². The van der Waals surface area contributed by atoms with E-state index >= 15 is 0 Å². The van der Waals surface area contributed by atoms with Crippen LogP contribution in [0.25, 0.3) is 0 Å². The summed E-state index contributed by atoms with van der Waals surface area (Å²) in [6.45, 7) is 4.05. The number of carbonyl (C=O) groups is 1. The van der Waals surface area contributed by atoms with Crippen LogP contribution in [0.3, 0.4) is 0 Å². The smallest absolute Gasteiger partial charge is 0.338 e. The van der Waals surface area contributed by atoms with Gasteiger partial charge in [0, 0.05) is 6.54 Å². The van der Waals surface area contributed by atoms with Gasteiger partial charge in [0.15, 0.2) is 0 Å². The highest BCUT2D eigenvalue weighted by molar-refractivity contribution is 7.89. The Morgan fingerprint density at radius 3 is 2.57 bits per heavy atom. The molecule has 2 rings (SSSR count). The Hall–Kier alpha value is -2.18. The van der Waals surface area contributed by atoms with E-state index < -0.39 is 16.0 Å². The summed E-state index contributed by atoms with van der Waals surface area (Å²) < 4.78 is 32.2. The Morgan fingerprint density at radius 2 is 1.87 bits per heavy atom. The molecule has 0 aliphatic rings. The summed E-state index contributed by atoms with van der Waals surface area (Å²) >= 11 is 0. The largest absolute Gasteiger partial charge is 0.462 e. The summed E-state index contributed by atoms with van der Waals surface area (Å²) in [6.07, 6.45) is 0. The predicted octanol–water partition coefficient (Wildman–Crippen LogP) is 2.65. The second-order valence-corrected chi connectivity index (χ2v) is 6.77. The van der Waals surface area contributed by atoms with Gasteiger partial charge >= 0.3 is 5.97 Å². The number of aryl methyl sites for hydroxylation is 1. The van der Waals surface area contributed by atoms with Gasteiger partial charge in [-0.3, -0.25) is 0 Å². The van der Waals surface area contributed by atoms with Crippen LogP contribution in [0.15, 0.2) is 53.4 Å². The maximum absolute atomic E-state index is 12.4. The van der Waals surface area contributed by atoms with Crippen molar-refractivity contribution in [3.63, 3.8) is 0 Å². The van der Waals surface area contributed by atoms with Gasteiger partial charge in [0.25, 0.3) is 0 Å². The van der Waals surface area contributed by atoms with E-state index in [2.05, 4.69) is 4.72 Å². The third-order valence-corrected chi connectivity index (χ3v) is 4.77. The van der Waals surface area contributed by atoms with Crippen LogP contribution in [-0.2, 0) is 21.3 Å². The van der Waals surface area contributed by atoms with Gasteiger partial charge in [-0.15, -0.1) is 0 Å². The molecule has 23 heavy (non-hydrogen) atoms. The molecule has 0 aliphatic heterocycles. The highest BCUT2D eigenvalue weighted by Gasteiger charge is 2.16. The first-order valence-corrected chi connectivity index (χ1v) is 8.73. The number of ether oxygens (including phenoxy) is 1. The van der Waals surface area contributed by atoms with Gasteiger partial charge in [0.05, 0.1) is 17.1 Å². The summed E-state index contributed by atoms with van der Waals surface area (Å²) in [6, 6.07) is 13.4. The Bertz CT molecular complexity index is 800. The van der Waals surface area contributed by atoms with Gasteiger partial charge in [0.1, 0.15) is 0 Å². The highest BCUT2D eigenvalue weighted by Crippen LogP contribution is 2.14. The number of nitrogens with one attached hydrogen (secondary N) is 1. The Morgan fingerprint density at radius 1 is 1.13 bits per heavy atom. The van der Waals surface area contributed by atoms with E-state index in [-0.39, 0.29) is 23.6 Å². The highest BCUT2D eigenvalue weighted by atomic mass is 32.2. The number of hydrogen-bond donors (Lipinski definition) is 1. The monoisotopic (exact) mass is 333 g/mol. The lowest BCUT2D eigenvalue weighted by molar-refractivity contribution is 0.0526. The predicted molar refractivity (Wildman–Crippen MR) is 87.6 cm³/mol. The number of rotatable bonds is 6. The van der Waals surface area contributed by atoms with Crippen molar-refractivity contribution < 1.29 is 17.9 Å². The Balaban J connectivity index is 2.18. The van der Waals surface area contributed by atoms with Gasteiger partial charge < -0.3 is 4.74 Å². The maximum atomic E-state index is 12.4. The second kappa shape index (κ2) is 7.39. The molecule has 1 N–H and O–H groups in total. The molecular weight excluding hydrogens is 314 g/mol. The Kier molecular flexibility index (Phi) is 5.52. The van der Waals surface area contributed by atoms with Crippen LogP contribution in [0.4, 0.5) is 0 Å². The van der Waals surface area contributed by atoms with Crippen LogP contribution in [0.1, 0.15) is 28.4 Å². The van der Waals surface area contributed by atoms with Crippen molar-refractivity contribution >= 4 is 16.0 Å². The van der Waals surface area contributed by atoms with Crippen molar-refractivity contribution in [3.8, 4) is 0 Å². The molecule has 0 radical (unpaired) electrons. The van der Waals surface area contributed by atoms with E-state index in [0.717, 1.165) is 11.1 Å². The van der Waals surface area contributed by atoms with Crippen LogP contribution in [0, 0.1) is 6.92 Å². The van der Waals surface area contributed by atoms with E-state index in [4.69, 9.17) is 4.74 Å². The first kappa shape index (κ1) is 17.2. The molecule has 6 heteroatoms. The van der Waals surface area contributed by atoms with Gasteiger partial charge in [0.2, 0.25) is 10.0 Å². The molecule has 0 saturated carbocycles. The number of hydrogen-bond acceptors (Lipinski definition) is 4. The van der Waals surface area contributed by atoms with E-state index in [0.29, 0.717) is 0 Å². The number of esters is 1. The lowest BCUT2D eigenvalue weighted by Crippen LogP contribution is -2.24. The lowest BCUT2D eigenvalue weighted by atomic mass is 10.1. The SMILES string of the molecule is CCOC(=O)c1cccc(S(=O)(=O)NCc2ccccc2C)c1. The average molecular weight is 333 g/mol. The van der Waals surface area contributed by atoms with E-state index in [9.17, 15) is 13.2 Å². The molecule has 0 aliphatic carbocycles. The van der Waals surface area contributed by atoms with Crippen molar-refractivity contribution in [3.05, 3.63) is 65.2 Å². The first-order valence-electron chi connectivity index (χ1n) is 7.25. The second-order valence-electron chi connectivity index (χ2n) is 5.00. The molecule has 2 aromatic carbocycles. The minimum Gasteiger partial charge on any atom is -0.462 e. The number of sulfonamides is 1. The number of carbonyl (C=O) groups excluding carboxylic acids is 1. The molecule has 0 atom stereocenters. The van der Waals surface area contributed by atoms with Crippen LogP contribution < -0.4 is 4.72 Å².